The largest absolute Gasteiger partial charge is 0.392 e. The number of rotatable bonds is 4. The average molecular weight is 339 g/mol. The highest BCUT2D eigenvalue weighted by molar-refractivity contribution is 5.75. The highest BCUT2D eigenvalue weighted by atomic mass is 19.1. The van der Waals surface area contributed by atoms with Gasteiger partial charge in [0, 0.05) is 32.6 Å². The summed E-state index contributed by atoms with van der Waals surface area (Å²) in [5, 5.41) is 10.1. The third-order valence-electron chi connectivity index (χ3n) is 5.14. The standard InChI is InChI=1S/C20H22FN3O/c1-23-18-5-3-2-4-17(18)22-20(23)10-11-24-13-16(25)12-19(24)14-6-8-15(21)9-7-14/h2-9,16,19,25H,10-13H2,1H3/t16-,19+/m0/s1. The van der Waals surface area contributed by atoms with Crippen LogP contribution in [-0.4, -0.2) is 38.8 Å². The van der Waals surface area contributed by atoms with Crippen LogP contribution < -0.4 is 0 Å². The smallest absolute Gasteiger partial charge is 0.123 e. The number of aliphatic hydroxyl groups is 1. The highest BCUT2D eigenvalue weighted by Gasteiger charge is 2.31. The molecule has 4 nitrogen and oxygen atoms in total. The van der Waals surface area contributed by atoms with Crippen LogP contribution in [0.25, 0.3) is 11.0 Å². The average Bonchev–Trinajstić information content (AvgIpc) is 3.14. The third-order valence-corrected chi connectivity index (χ3v) is 5.14. The predicted octanol–water partition coefficient (Wildman–Crippen LogP) is 3.06. The molecule has 1 fully saturated rings. The molecule has 0 amide bonds. The van der Waals surface area contributed by atoms with Gasteiger partial charge in [0.05, 0.1) is 17.1 Å². The fraction of sp³-hybridized carbons (Fsp3) is 0.350. The molecule has 0 unspecified atom stereocenters. The molecule has 0 saturated carbocycles. The van der Waals surface area contributed by atoms with Gasteiger partial charge in [-0.1, -0.05) is 24.3 Å². The molecule has 1 aromatic heterocycles. The monoisotopic (exact) mass is 339 g/mol. The number of aliphatic hydroxyl groups excluding tert-OH is 1. The van der Waals surface area contributed by atoms with Gasteiger partial charge in [-0.05, 0) is 36.2 Å². The van der Waals surface area contributed by atoms with E-state index >= 15 is 0 Å². The Morgan fingerprint density at radius 3 is 2.68 bits per heavy atom. The van der Waals surface area contributed by atoms with Crippen LogP contribution in [-0.2, 0) is 13.5 Å². The molecular weight excluding hydrogens is 317 g/mol. The van der Waals surface area contributed by atoms with E-state index < -0.39 is 0 Å². The summed E-state index contributed by atoms with van der Waals surface area (Å²) < 4.78 is 15.3. The van der Waals surface area contributed by atoms with Gasteiger partial charge in [-0.15, -0.1) is 0 Å². The molecule has 1 aliphatic heterocycles. The van der Waals surface area contributed by atoms with Crippen LogP contribution in [0.4, 0.5) is 4.39 Å². The normalized spacial score (nSPS) is 21.2. The molecule has 5 heteroatoms. The summed E-state index contributed by atoms with van der Waals surface area (Å²) in [6.45, 7) is 1.46. The zero-order valence-corrected chi connectivity index (χ0v) is 14.3. The first-order chi connectivity index (χ1) is 12.1. The molecule has 25 heavy (non-hydrogen) atoms. The van der Waals surface area contributed by atoms with Crippen molar-refractivity contribution in [3.63, 3.8) is 0 Å². The number of hydrogen-bond donors (Lipinski definition) is 1. The molecule has 2 atom stereocenters. The summed E-state index contributed by atoms with van der Waals surface area (Å²) in [7, 11) is 2.04. The Bertz CT molecular complexity index is 874. The van der Waals surface area contributed by atoms with Crippen LogP contribution in [0.1, 0.15) is 23.9 Å². The minimum absolute atomic E-state index is 0.130. The van der Waals surface area contributed by atoms with Gasteiger partial charge in [0.2, 0.25) is 0 Å². The van der Waals surface area contributed by atoms with Gasteiger partial charge in [0.15, 0.2) is 0 Å². The van der Waals surface area contributed by atoms with Crippen LogP contribution in [0.3, 0.4) is 0 Å². The van der Waals surface area contributed by atoms with Crippen LogP contribution in [0.2, 0.25) is 0 Å². The Hall–Kier alpha value is -2.24. The van der Waals surface area contributed by atoms with E-state index in [2.05, 4.69) is 15.5 Å². The van der Waals surface area contributed by atoms with Crippen LogP contribution in [0, 0.1) is 5.82 Å². The molecule has 0 radical (unpaired) electrons. The molecule has 0 bridgehead atoms. The number of imidazole rings is 1. The van der Waals surface area contributed by atoms with E-state index in [9.17, 15) is 9.50 Å². The topological polar surface area (TPSA) is 41.3 Å². The predicted molar refractivity (Wildman–Crippen MR) is 95.8 cm³/mol. The minimum Gasteiger partial charge on any atom is -0.392 e. The SMILES string of the molecule is Cn1c(CCN2C[C@@H](O)C[C@@H]2c2ccc(F)cc2)nc2ccccc21. The number of halogens is 1. The molecule has 130 valence electrons. The Kier molecular flexibility index (Phi) is 4.27. The molecule has 1 aliphatic rings. The van der Waals surface area contributed by atoms with E-state index in [1.165, 1.54) is 12.1 Å². The van der Waals surface area contributed by atoms with Gasteiger partial charge in [0.25, 0.3) is 0 Å². The van der Waals surface area contributed by atoms with Gasteiger partial charge in [-0.2, -0.15) is 0 Å². The number of fused-ring (bicyclic) bond motifs is 1. The fourth-order valence-corrected chi connectivity index (χ4v) is 3.82. The van der Waals surface area contributed by atoms with E-state index in [0.717, 1.165) is 35.4 Å². The molecule has 2 heterocycles. The first kappa shape index (κ1) is 16.2. The zero-order chi connectivity index (χ0) is 17.4. The fourth-order valence-electron chi connectivity index (χ4n) is 3.82. The molecule has 1 N–H and O–H groups in total. The molecule has 2 aromatic carbocycles. The first-order valence-electron chi connectivity index (χ1n) is 8.70. The van der Waals surface area contributed by atoms with Crippen LogP contribution in [0.15, 0.2) is 48.5 Å². The van der Waals surface area contributed by atoms with Gasteiger partial charge in [0.1, 0.15) is 11.6 Å². The lowest BCUT2D eigenvalue weighted by molar-refractivity contribution is 0.175. The zero-order valence-electron chi connectivity index (χ0n) is 14.3. The van der Waals surface area contributed by atoms with Crippen molar-refractivity contribution in [2.24, 2.45) is 7.05 Å². The second-order valence-electron chi connectivity index (χ2n) is 6.78. The maximum Gasteiger partial charge on any atom is 0.123 e. The van der Waals surface area contributed by atoms with Crippen molar-refractivity contribution < 1.29 is 9.50 Å². The lowest BCUT2D eigenvalue weighted by Gasteiger charge is -2.24. The van der Waals surface area contributed by atoms with E-state index in [0.29, 0.717) is 13.0 Å². The quantitative estimate of drug-likeness (QED) is 0.794. The molecule has 0 spiro atoms. The van der Waals surface area contributed by atoms with Crippen molar-refractivity contribution >= 4 is 11.0 Å². The molecule has 4 rings (SSSR count). The summed E-state index contributed by atoms with van der Waals surface area (Å²) in [5.41, 5.74) is 3.20. The summed E-state index contributed by atoms with van der Waals surface area (Å²) in [4.78, 5) is 7.00. The number of aryl methyl sites for hydroxylation is 1. The van der Waals surface area contributed by atoms with Crippen molar-refractivity contribution in [2.45, 2.75) is 25.0 Å². The minimum atomic E-state index is -0.338. The van der Waals surface area contributed by atoms with Gasteiger partial charge >= 0.3 is 0 Å². The number of para-hydroxylation sites is 2. The summed E-state index contributed by atoms with van der Waals surface area (Å²) in [6.07, 6.45) is 1.17. The van der Waals surface area contributed by atoms with Gasteiger partial charge in [-0.3, -0.25) is 4.90 Å². The number of likely N-dealkylation sites (tertiary alicyclic amines) is 1. The van der Waals surface area contributed by atoms with Crippen molar-refractivity contribution in [1.29, 1.82) is 0 Å². The number of hydrogen-bond acceptors (Lipinski definition) is 3. The van der Waals surface area contributed by atoms with Gasteiger partial charge < -0.3 is 9.67 Å². The third kappa shape index (κ3) is 3.17. The van der Waals surface area contributed by atoms with Crippen molar-refractivity contribution in [3.05, 3.63) is 65.7 Å². The maximum atomic E-state index is 13.2. The van der Waals surface area contributed by atoms with Gasteiger partial charge in [-0.25, -0.2) is 9.37 Å². The lowest BCUT2D eigenvalue weighted by Crippen LogP contribution is -2.27. The Labute approximate surface area is 146 Å². The Morgan fingerprint density at radius 2 is 1.92 bits per heavy atom. The molecular formula is C20H22FN3O. The second kappa shape index (κ2) is 6.58. The number of benzene rings is 2. The van der Waals surface area contributed by atoms with Crippen LogP contribution in [0.5, 0.6) is 0 Å². The Morgan fingerprint density at radius 1 is 1.16 bits per heavy atom. The van der Waals surface area contributed by atoms with Crippen LogP contribution >= 0.6 is 0 Å². The second-order valence-corrected chi connectivity index (χ2v) is 6.78. The molecule has 0 aliphatic carbocycles. The van der Waals surface area contributed by atoms with Crippen molar-refractivity contribution in [2.75, 3.05) is 13.1 Å². The van der Waals surface area contributed by atoms with E-state index in [-0.39, 0.29) is 18.0 Å². The maximum absolute atomic E-state index is 13.2. The lowest BCUT2D eigenvalue weighted by atomic mass is 10.0. The first-order valence-corrected chi connectivity index (χ1v) is 8.70. The van der Waals surface area contributed by atoms with Crippen molar-refractivity contribution in [1.82, 2.24) is 14.5 Å². The number of aromatic nitrogens is 2. The Balaban J connectivity index is 1.52. The molecule has 3 aromatic rings. The summed E-state index contributed by atoms with van der Waals surface area (Å²) in [5.74, 6) is 0.814. The number of β-amino-alcohol motifs (C(OH)–C–C–N with tert-alkyl or cyclic N) is 1. The number of nitrogens with zero attached hydrogens (tertiary/aromatic N) is 3. The van der Waals surface area contributed by atoms with Crippen molar-refractivity contribution in [3.8, 4) is 0 Å². The van der Waals surface area contributed by atoms with E-state index in [1.807, 2.05) is 37.4 Å². The highest BCUT2D eigenvalue weighted by Crippen LogP contribution is 2.32. The molecule has 1 saturated heterocycles. The van der Waals surface area contributed by atoms with E-state index in [4.69, 9.17) is 4.98 Å². The summed E-state index contributed by atoms with van der Waals surface area (Å²) in [6, 6.07) is 14.9. The van der Waals surface area contributed by atoms with E-state index in [1.54, 1.807) is 0 Å². The summed E-state index contributed by atoms with van der Waals surface area (Å²) >= 11 is 0.